The molecule has 140 valence electrons. The van der Waals surface area contributed by atoms with Crippen LogP contribution in [0.4, 0.5) is 0 Å². The Kier molecular flexibility index (Phi) is 5.35. The largest absolute Gasteiger partial charge is 0.285 e. The molecule has 29 heavy (non-hydrogen) atoms. The predicted molar refractivity (Wildman–Crippen MR) is 113 cm³/mol. The van der Waals surface area contributed by atoms with Crippen LogP contribution in [-0.4, -0.2) is 26.5 Å². The van der Waals surface area contributed by atoms with Crippen molar-refractivity contribution in [2.24, 2.45) is 0 Å². The molecule has 4 rings (SSSR count). The van der Waals surface area contributed by atoms with E-state index < -0.39 is 0 Å². The maximum Gasteiger partial charge on any atom is 0.230 e. The van der Waals surface area contributed by atoms with Gasteiger partial charge in [-0.25, -0.2) is 15.0 Å². The van der Waals surface area contributed by atoms with E-state index in [4.69, 9.17) is 0 Å². The van der Waals surface area contributed by atoms with E-state index in [1.807, 2.05) is 36.4 Å². The van der Waals surface area contributed by atoms with Crippen molar-refractivity contribution in [2.45, 2.75) is 0 Å². The van der Waals surface area contributed by atoms with E-state index >= 15 is 0 Å². The Morgan fingerprint density at radius 1 is 0.586 bits per heavy atom. The van der Waals surface area contributed by atoms with Crippen LogP contribution >= 0.6 is 15.9 Å². The van der Waals surface area contributed by atoms with Crippen LogP contribution in [0.3, 0.4) is 0 Å². The molecule has 1 heterocycles. The highest BCUT2D eigenvalue weighted by molar-refractivity contribution is 9.10. The van der Waals surface area contributed by atoms with E-state index in [1.54, 1.807) is 48.5 Å². The van der Waals surface area contributed by atoms with Gasteiger partial charge in [0, 0.05) is 21.2 Å². The monoisotopic (exact) mass is 443 g/mol. The van der Waals surface area contributed by atoms with Gasteiger partial charge in [-0.1, -0.05) is 88.7 Å². The molecule has 0 aliphatic rings. The van der Waals surface area contributed by atoms with Crippen molar-refractivity contribution in [3.05, 3.63) is 112 Å². The second-order valence-corrected chi connectivity index (χ2v) is 7.12. The minimum atomic E-state index is -0.367. The lowest BCUT2D eigenvalue weighted by Crippen LogP contribution is -2.16. The van der Waals surface area contributed by atoms with Crippen molar-refractivity contribution < 1.29 is 9.59 Å². The normalized spacial score (nSPS) is 10.5. The third kappa shape index (κ3) is 4.17. The summed E-state index contributed by atoms with van der Waals surface area (Å²) < 4.78 is 0.900. The van der Waals surface area contributed by atoms with Crippen LogP contribution in [0.25, 0.3) is 11.4 Å². The number of aromatic nitrogens is 3. The first-order valence-corrected chi connectivity index (χ1v) is 9.62. The Morgan fingerprint density at radius 3 is 1.48 bits per heavy atom. The summed E-state index contributed by atoms with van der Waals surface area (Å²) in [5.74, 6) is -0.597. The van der Waals surface area contributed by atoms with Crippen molar-refractivity contribution in [2.75, 3.05) is 0 Å². The number of hydrogen-bond donors (Lipinski definition) is 0. The van der Waals surface area contributed by atoms with Gasteiger partial charge in [-0.15, -0.1) is 0 Å². The summed E-state index contributed by atoms with van der Waals surface area (Å²) >= 11 is 3.39. The molecular formula is C23H14BrN3O2. The maximum absolute atomic E-state index is 12.9. The van der Waals surface area contributed by atoms with Crippen LogP contribution in [0.5, 0.6) is 0 Å². The lowest BCUT2D eigenvalue weighted by atomic mass is 10.1. The Labute approximate surface area is 175 Å². The van der Waals surface area contributed by atoms with E-state index in [2.05, 4.69) is 30.9 Å². The summed E-state index contributed by atoms with van der Waals surface area (Å²) in [5, 5.41) is 0. The zero-order chi connectivity index (χ0) is 20.2. The van der Waals surface area contributed by atoms with Crippen LogP contribution in [0.1, 0.15) is 32.4 Å². The molecule has 0 aliphatic carbocycles. The van der Waals surface area contributed by atoms with Gasteiger partial charge >= 0.3 is 0 Å². The smallest absolute Gasteiger partial charge is 0.230 e. The van der Waals surface area contributed by atoms with Gasteiger partial charge in [0.2, 0.25) is 23.2 Å². The van der Waals surface area contributed by atoms with Gasteiger partial charge in [0.25, 0.3) is 0 Å². The number of carbonyl (C=O) groups excluding carboxylic acids is 2. The first kappa shape index (κ1) is 18.8. The molecule has 0 atom stereocenters. The van der Waals surface area contributed by atoms with Gasteiger partial charge in [0.1, 0.15) is 0 Å². The highest BCUT2D eigenvalue weighted by Crippen LogP contribution is 2.20. The van der Waals surface area contributed by atoms with Crippen molar-refractivity contribution in [3.63, 3.8) is 0 Å². The topological polar surface area (TPSA) is 72.8 Å². The molecule has 0 saturated carbocycles. The van der Waals surface area contributed by atoms with Crippen LogP contribution in [-0.2, 0) is 0 Å². The Bertz CT molecular complexity index is 1110. The molecule has 4 aromatic rings. The molecule has 1 aromatic heterocycles. The first-order chi connectivity index (χ1) is 14.1. The van der Waals surface area contributed by atoms with Gasteiger partial charge in [-0.05, 0) is 12.1 Å². The van der Waals surface area contributed by atoms with E-state index in [1.165, 1.54) is 0 Å². The quantitative estimate of drug-likeness (QED) is 0.415. The Hall–Kier alpha value is -3.51. The summed E-state index contributed by atoms with van der Waals surface area (Å²) in [6.07, 6.45) is 0. The molecule has 0 saturated heterocycles. The minimum Gasteiger partial charge on any atom is -0.285 e. The van der Waals surface area contributed by atoms with E-state index in [9.17, 15) is 9.59 Å². The third-order valence-corrected chi connectivity index (χ3v) is 4.74. The second-order valence-electron chi connectivity index (χ2n) is 6.20. The number of ketones is 2. The Morgan fingerprint density at radius 2 is 1.03 bits per heavy atom. The number of nitrogens with zero attached hydrogens (tertiary/aromatic N) is 3. The van der Waals surface area contributed by atoms with Crippen molar-refractivity contribution in [1.82, 2.24) is 15.0 Å². The number of rotatable bonds is 5. The average Bonchev–Trinajstić information content (AvgIpc) is 2.79. The fourth-order valence-corrected chi connectivity index (χ4v) is 3.01. The fraction of sp³-hybridized carbons (Fsp3) is 0. The Balaban J connectivity index is 1.84. The fourth-order valence-electron chi connectivity index (χ4n) is 2.74. The van der Waals surface area contributed by atoms with Crippen LogP contribution in [0.15, 0.2) is 89.4 Å². The maximum atomic E-state index is 12.9. The molecule has 0 bridgehead atoms. The molecule has 0 amide bonds. The van der Waals surface area contributed by atoms with Gasteiger partial charge in [0.05, 0.1) is 0 Å². The van der Waals surface area contributed by atoms with Crippen LogP contribution in [0.2, 0.25) is 0 Å². The lowest BCUT2D eigenvalue weighted by molar-refractivity contribution is 0.102. The number of carbonyl (C=O) groups is 2. The molecular weight excluding hydrogens is 430 g/mol. The van der Waals surface area contributed by atoms with Gasteiger partial charge < -0.3 is 0 Å². The summed E-state index contributed by atoms with van der Waals surface area (Å²) in [5.41, 5.74) is 1.57. The number of hydrogen-bond acceptors (Lipinski definition) is 5. The molecule has 0 unspecified atom stereocenters. The highest BCUT2D eigenvalue weighted by Gasteiger charge is 2.20. The zero-order valence-electron chi connectivity index (χ0n) is 15.1. The summed E-state index contributed by atoms with van der Waals surface area (Å²) in [6, 6.07) is 24.7. The van der Waals surface area contributed by atoms with Crippen LogP contribution < -0.4 is 0 Å². The molecule has 0 spiro atoms. The number of benzene rings is 3. The second kappa shape index (κ2) is 8.24. The number of halogens is 1. The van der Waals surface area contributed by atoms with Gasteiger partial charge in [-0.2, -0.15) is 0 Å². The van der Waals surface area contributed by atoms with Crippen LogP contribution in [0, 0.1) is 0 Å². The molecule has 0 N–H and O–H groups in total. The van der Waals surface area contributed by atoms with Crippen molar-refractivity contribution >= 4 is 27.5 Å². The molecule has 0 aliphatic heterocycles. The minimum absolute atomic E-state index is 0.0663. The molecule has 0 radical (unpaired) electrons. The average molecular weight is 444 g/mol. The van der Waals surface area contributed by atoms with E-state index in [-0.39, 0.29) is 29.0 Å². The molecule has 6 heteroatoms. The van der Waals surface area contributed by atoms with Crippen molar-refractivity contribution in [3.8, 4) is 11.4 Å². The predicted octanol–water partition coefficient (Wildman–Crippen LogP) is 4.76. The molecule has 5 nitrogen and oxygen atoms in total. The van der Waals surface area contributed by atoms with Gasteiger partial charge in [-0.3, -0.25) is 9.59 Å². The standard InChI is InChI=1S/C23H14BrN3O2/c24-18-13-11-17(12-14-18)21-25-22(19(28)15-7-3-1-4-8-15)27-23(26-21)20(29)16-9-5-2-6-10-16/h1-14H. The molecule has 3 aromatic carbocycles. The van der Waals surface area contributed by atoms with Crippen molar-refractivity contribution in [1.29, 1.82) is 0 Å². The summed E-state index contributed by atoms with van der Waals surface area (Å²) in [4.78, 5) is 38.7. The lowest BCUT2D eigenvalue weighted by Gasteiger charge is -2.07. The summed E-state index contributed by atoms with van der Waals surface area (Å²) in [6.45, 7) is 0. The highest BCUT2D eigenvalue weighted by atomic mass is 79.9. The third-order valence-electron chi connectivity index (χ3n) is 4.22. The zero-order valence-corrected chi connectivity index (χ0v) is 16.7. The SMILES string of the molecule is O=C(c1ccccc1)c1nc(C(=O)c2ccccc2)nc(-c2ccc(Br)cc2)n1. The van der Waals surface area contributed by atoms with E-state index in [0.29, 0.717) is 16.7 Å². The van der Waals surface area contributed by atoms with Gasteiger partial charge in [0.15, 0.2) is 5.82 Å². The molecule has 0 fully saturated rings. The summed E-state index contributed by atoms with van der Waals surface area (Å²) in [7, 11) is 0. The van der Waals surface area contributed by atoms with E-state index in [0.717, 1.165) is 4.47 Å². The first-order valence-electron chi connectivity index (χ1n) is 8.83.